The molecule has 1 aromatic heterocycles. The number of carbonyl (C=O) groups is 1. The van der Waals surface area contributed by atoms with Crippen molar-refractivity contribution in [2.45, 2.75) is 25.1 Å². The Morgan fingerprint density at radius 1 is 1.81 bits per heavy atom. The molecule has 88 valence electrons. The highest BCUT2D eigenvalue weighted by Crippen LogP contribution is 2.21. The Morgan fingerprint density at radius 3 is 3.25 bits per heavy atom. The third-order valence-corrected chi connectivity index (χ3v) is 3.34. The van der Waals surface area contributed by atoms with Gasteiger partial charge >= 0.3 is 5.97 Å². The van der Waals surface area contributed by atoms with E-state index in [1.54, 1.807) is 5.51 Å². The Hall–Kier alpha value is -0.980. The van der Waals surface area contributed by atoms with Crippen molar-refractivity contribution in [1.29, 1.82) is 0 Å². The summed E-state index contributed by atoms with van der Waals surface area (Å²) >= 11 is 1.52. The molecule has 5 nitrogen and oxygen atoms in total. The molecule has 1 aliphatic rings. The molecule has 2 unspecified atom stereocenters. The van der Waals surface area contributed by atoms with Crippen LogP contribution in [0.4, 0.5) is 0 Å². The Morgan fingerprint density at radius 2 is 2.62 bits per heavy atom. The van der Waals surface area contributed by atoms with Crippen LogP contribution in [0.25, 0.3) is 0 Å². The Kier molecular flexibility index (Phi) is 3.52. The average Bonchev–Trinajstić information content (AvgIpc) is 2.88. The molecular weight excluding hydrogens is 228 g/mol. The topological polar surface area (TPSA) is 62.7 Å². The number of rotatable bonds is 3. The fourth-order valence-corrected chi connectivity index (χ4v) is 2.51. The SMILES string of the molecule is COC(=O)C1CC(O)CN1Cc1cscn1. The quantitative estimate of drug-likeness (QED) is 0.770. The van der Waals surface area contributed by atoms with Crippen LogP contribution in [-0.2, 0) is 16.1 Å². The van der Waals surface area contributed by atoms with Gasteiger partial charge < -0.3 is 9.84 Å². The number of aliphatic hydroxyl groups is 1. The molecule has 0 saturated carbocycles. The Balaban J connectivity index is 2.04. The summed E-state index contributed by atoms with van der Waals surface area (Å²) < 4.78 is 4.72. The van der Waals surface area contributed by atoms with Crippen molar-refractivity contribution in [3.05, 3.63) is 16.6 Å². The highest BCUT2D eigenvalue weighted by atomic mass is 32.1. The van der Waals surface area contributed by atoms with Crippen molar-refractivity contribution in [1.82, 2.24) is 9.88 Å². The predicted molar refractivity (Wildman–Crippen MR) is 59.0 cm³/mol. The number of hydrogen-bond donors (Lipinski definition) is 1. The van der Waals surface area contributed by atoms with Crippen LogP contribution in [0.3, 0.4) is 0 Å². The molecule has 16 heavy (non-hydrogen) atoms. The van der Waals surface area contributed by atoms with Crippen LogP contribution in [0.2, 0.25) is 0 Å². The second-order valence-electron chi connectivity index (χ2n) is 3.84. The van der Waals surface area contributed by atoms with Crippen LogP contribution >= 0.6 is 11.3 Å². The van der Waals surface area contributed by atoms with E-state index in [2.05, 4.69) is 4.98 Å². The highest BCUT2D eigenvalue weighted by Gasteiger charge is 2.36. The van der Waals surface area contributed by atoms with Gasteiger partial charge in [0.1, 0.15) is 6.04 Å². The lowest BCUT2D eigenvalue weighted by molar-refractivity contribution is -0.146. The number of ether oxygens (including phenoxy) is 1. The second-order valence-corrected chi connectivity index (χ2v) is 4.56. The van der Waals surface area contributed by atoms with Gasteiger partial charge in [0.2, 0.25) is 0 Å². The molecule has 2 heterocycles. The number of aromatic nitrogens is 1. The molecule has 0 radical (unpaired) electrons. The predicted octanol–water partition coefficient (Wildman–Crippen LogP) is 0.251. The van der Waals surface area contributed by atoms with E-state index in [0.717, 1.165) is 5.69 Å². The van der Waals surface area contributed by atoms with Gasteiger partial charge in [-0.25, -0.2) is 4.98 Å². The van der Waals surface area contributed by atoms with Crippen LogP contribution in [0.15, 0.2) is 10.9 Å². The number of thiazole rings is 1. The van der Waals surface area contributed by atoms with Crippen LogP contribution in [0.5, 0.6) is 0 Å². The fraction of sp³-hybridized carbons (Fsp3) is 0.600. The minimum atomic E-state index is -0.456. The minimum Gasteiger partial charge on any atom is -0.468 e. The minimum absolute atomic E-state index is 0.285. The molecule has 1 N–H and O–H groups in total. The molecule has 0 amide bonds. The first-order valence-electron chi connectivity index (χ1n) is 5.07. The zero-order valence-electron chi connectivity index (χ0n) is 9.00. The summed E-state index contributed by atoms with van der Waals surface area (Å²) in [6, 6.07) is -0.346. The molecule has 1 saturated heterocycles. The van der Waals surface area contributed by atoms with Crippen molar-refractivity contribution in [3.63, 3.8) is 0 Å². The maximum Gasteiger partial charge on any atom is 0.323 e. The molecule has 2 atom stereocenters. The molecule has 6 heteroatoms. The lowest BCUT2D eigenvalue weighted by Crippen LogP contribution is -2.36. The number of β-amino-alcohol motifs (C(OH)–C–C–N with tert-alkyl or cyclic N) is 1. The molecule has 0 aromatic carbocycles. The Labute approximate surface area is 97.7 Å². The number of carbonyl (C=O) groups excluding carboxylic acids is 1. The van der Waals surface area contributed by atoms with Crippen molar-refractivity contribution >= 4 is 17.3 Å². The van der Waals surface area contributed by atoms with Crippen molar-refractivity contribution < 1.29 is 14.6 Å². The first kappa shape index (κ1) is 11.5. The van der Waals surface area contributed by atoms with Gasteiger partial charge in [0, 0.05) is 24.9 Å². The highest BCUT2D eigenvalue weighted by molar-refractivity contribution is 7.07. The van der Waals surface area contributed by atoms with Gasteiger partial charge in [0.15, 0.2) is 0 Å². The van der Waals surface area contributed by atoms with E-state index < -0.39 is 6.10 Å². The van der Waals surface area contributed by atoms with Crippen molar-refractivity contribution in [2.75, 3.05) is 13.7 Å². The monoisotopic (exact) mass is 242 g/mol. The number of methoxy groups -OCH3 is 1. The van der Waals surface area contributed by atoms with Gasteiger partial charge in [-0.15, -0.1) is 11.3 Å². The number of esters is 1. The van der Waals surface area contributed by atoms with Gasteiger partial charge in [-0.05, 0) is 0 Å². The zero-order valence-corrected chi connectivity index (χ0v) is 9.81. The molecule has 1 fully saturated rings. The molecule has 1 aromatic rings. The van der Waals surface area contributed by atoms with E-state index in [9.17, 15) is 9.90 Å². The van der Waals surface area contributed by atoms with Crippen molar-refractivity contribution in [2.24, 2.45) is 0 Å². The maximum absolute atomic E-state index is 11.5. The van der Waals surface area contributed by atoms with Crippen LogP contribution in [0.1, 0.15) is 12.1 Å². The molecule has 1 aliphatic heterocycles. The number of aliphatic hydroxyl groups excluding tert-OH is 1. The first-order chi connectivity index (χ1) is 7.70. The van der Waals surface area contributed by atoms with E-state index in [-0.39, 0.29) is 12.0 Å². The van der Waals surface area contributed by atoms with Gasteiger partial charge in [-0.1, -0.05) is 0 Å². The van der Waals surface area contributed by atoms with Gasteiger partial charge in [-0.2, -0.15) is 0 Å². The largest absolute Gasteiger partial charge is 0.468 e. The van der Waals surface area contributed by atoms with Crippen LogP contribution in [0, 0.1) is 0 Å². The summed E-state index contributed by atoms with van der Waals surface area (Å²) in [4.78, 5) is 17.6. The van der Waals surface area contributed by atoms with E-state index in [4.69, 9.17) is 4.74 Å². The molecule has 0 bridgehead atoms. The molecule has 0 spiro atoms. The zero-order chi connectivity index (χ0) is 11.5. The summed E-state index contributed by atoms with van der Waals surface area (Å²) in [6.07, 6.45) is -0.0145. The summed E-state index contributed by atoms with van der Waals surface area (Å²) in [5, 5.41) is 11.5. The van der Waals surface area contributed by atoms with Gasteiger partial charge in [0.05, 0.1) is 24.4 Å². The van der Waals surface area contributed by atoms with E-state index in [1.807, 2.05) is 10.3 Å². The maximum atomic E-state index is 11.5. The average molecular weight is 242 g/mol. The standard InChI is InChI=1S/C10H14N2O3S/c1-15-10(14)9-2-8(13)4-12(9)3-7-5-16-6-11-7/h5-6,8-9,13H,2-4H2,1H3. The van der Waals surface area contributed by atoms with Crippen molar-refractivity contribution in [3.8, 4) is 0 Å². The van der Waals surface area contributed by atoms with Gasteiger partial charge in [0.25, 0.3) is 0 Å². The smallest absolute Gasteiger partial charge is 0.323 e. The fourth-order valence-electron chi connectivity index (χ4n) is 1.96. The third-order valence-electron chi connectivity index (χ3n) is 2.70. The van der Waals surface area contributed by atoms with Gasteiger partial charge in [-0.3, -0.25) is 9.69 Å². The summed E-state index contributed by atoms with van der Waals surface area (Å²) in [5.41, 5.74) is 2.68. The summed E-state index contributed by atoms with van der Waals surface area (Å²) in [7, 11) is 1.37. The second kappa shape index (κ2) is 4.90. The van der Waals surface area contributed by atoms with Crippen LogP contribution < -0.4 is 0 Å². The van der Waals surface area contributed by atoms with E-state index >= 15 is 0 Å². The summed E-state index contributed by atoms with van der Waals surface area (Å²) in [6.45, 7) is 1.08. The Bertz CT molecular complexity index is 355. The first-order valence-corrected chi connectivity index (χ1v) is 6.02. The van der Waals surface area contributed by atoms with E-state index in [1.165, 1.54) is 18.4 Å². The molecule has 0 aliphatic carbocycles. The normalized spacial score (nSPS) is 25.9. The lowest BCUT2D eigenvalue weighted by Gasteiger charge is -2.20. The number of likely N-dealkylation sites (tertiary alicyclic amines) is 1. The third kappa shape index (κ3) is 2.40. The lowest BCUT2D eigenvalue weighted by atomic mass is 10.2. The van der Waals surface area contributed by atoms with E-state index in [0.29, 0.717) is 19.5 Å². The number of hydrogen-bond acceptors (Lipinski definition) is 6. The molecular formula is C10H14N2O3S. The summed E-state index contributed by atoms with van der Waals surface area (Å²) in [5.74, 6) is -0.285. The molecule has 2 rings (SSSR count). The van der Waals surface area contributed by atoms with Crippen LogP contribution in [-0.4, -0.2) is 46.8 Å². The number of nitrogens with zero attached hydrogens (tertiary/aromatic N) is 2.